The van der Waals surface area contributed by atoms with E-state index in [9.17, 15) is 16.8 Å². The first kappa shape index (κ1) is 46.8. The summed E-state index contributed by atoms with van der Waals surface area (Å²) < 4.78 is 72.8. The van der Waals surface area contributed by atoms with E-state index in [2.05, 4.69) is 124 Å². The number of ether oxygens (including phenoxy) is 2. The molecular weight excluding hydrogens is 885 g/mol. The largest absolute Gasteiger partial charge is 0.378 e. The van der Waals surface area contributed by atoms with Crippen molar-refractivity contribution in [3.63, 3.8) is 0 Å². The topological polar surface area (TPSA) is 124 Å². The van der Waals surface area contributed by atoms with E-state index in [1.165, 1.54) is 27.3 Å². The summed E-state index contributed by atoms with van der Waals surface area (Å²) in [6.07, 6.45) is 16.1. The highest BCUT2D eigenvalue weighted by atomic mass is 33.1. The smallest absolute Gasteiger partial charge is 0.240 e. The molecule has 16 heteroatoms. The van der Waals surface area contributed by atoms with Gasteiger partial charge in [-0.1, -0.05) is 85.7 Å². The van der Waals surface area contributed by atoms with Gasteiger partial charge in [0.2, 0.25) is 20.0 Å². The summed E-state index contributed by atoms with van der Waals surface area (Å²) in [5, 5.41) is 0. The summed E-state index contributed by atoms with van der Waals surface area (Å²) in [7, 11) is 3.55. The molecule has 8 rings (SSSR count). The zero-order valence-corrected chi connectivity index (χ0v) is 41.4. The minimum absolute atomic E-state index is 0.216. The molecule has 64 heavy (non-hydrogen) atoms. The first-order valence-electron chi connectivity index (χ1n) is 21.9. The summed E-state index contributed by atoms with van der Waals surface area (Å²) >= 11 is 0. The van der Waals surface area contributed by atoms with E-state index >= 15 is 0 Å². The van der Waals surface area contributed by atoms with Crippen LogP contribution in [0.5, 0.6) is 0 Å². The van der Waals surface area contributed by atoms with Gasteiger partial charge in [-0.05, 0) is 95.8 Å². The van der Waals surface area contributed by atoms with Crippen LogP contribution in [-0.2, 0) is 40.4 Å². The number of nitrogens with zero attached hydrogens (tertiary/aromatic N) is 4. The quantitative estimate of drug-likeness (QED) is 0.0801. The molecule has 0 bridgehead atoms. The van der Waals surface area contributed by atoms with Crippen molar-refractivity contribution in [2.75, 3.05) is 93.8 Å². The standard InChI is InChI=1S/C48H62N6O6S4/c1-45(2)41-33-39(17-19-43(41)53-27-29-59-47(45,53)23-21-35-9-13-37(14-10-35)51(5)6)63(55,56)49-25-31-61-62-32-26-50-64(57,58)40-18-20-44-42(34-40)46(3,4)48(54(44)28-30-60-48)24-22-36-11-15-38(16-12-36)52(7)8/h9-11,13-24,33-34,36,49-50H,12,25-32H2,1-8H3/b23-21+,24-22+. The Bertz CT molecular complexity index is 2590. The van der Waals surface area contributed by atoms with E-state index in [1.54, 1.807) is 24.3 Å². The molecule has 5 aliphatic rings. The van der Waals surface area contributed by atoms with Crippen molar-refractivity contribution >= 4 is 64.8 Å². The molecule has 2 N–H and O–H groups in total. The molecule has 4 heterocycles. The number of nitrogens with one attached hydrogen (secondary N) is 2. The number of rotatable bonds is 17. The molecule has 3 aromatic carbocycles. The van der Waals surface area contributed by atoms with E-state index in [0.29, 0.717) is 31.3 Å². The van der Waals surface area contributed by atoms with Crippen molar-refractivity contribution in [2.45, 2.75) is 66.2 Å². The highest BCUT2D eigenvalue weighted by molar-refractivity contribution is 8.76. The number of likely N-dealkylation sites (N-methyl/N-ethyl adjacent to an activating group) is 1. The van der Waals surface area contributed by atoms with E-state index in [1.807, 2.05) is 40.3 Å². The van der Waals surface area contributed by atoms with E-state index in [4.69, 9.17) is 9.47 Å². The van der Waals surface area contributed by atoms with Crippen LogP contribution >= 0.6 is 21.6 Å². The van der Waals surface area contributed by atoms with Crippen molar-refractivity contribution in [1.82, 2.24) is 14.3 Å². The minimum atomic E-state index is -3.79. The zero-order valence-electron chi connectivity index (χ0n) is 38.1. The van der Waals surface area contributed by atoms with Crippen molar-refractivity contribution in [2.24, 2.45) is 5.92 Å². The Labute approximate surface area is 388 Å². The van der Waals surface area contributed by atoms with Crippen LogP contribution in [0.25, 0.3) is 6.08 Å². The normalized spacial score (nSPS) is 24.3. The third-order valence-corrected chi connectivity index (χ3v) is 18.8. The van der Waals surface area contributed by atoms with Crippen LogP contribution in [0.4, 0.5) is 17.1 Å². The molecule has 1 aliphatic carbocycles. The lowest BCUT2D eigenvalue weighted by molar-refractivity contribution is -0.000681. The van der Waals surface area contributed by atoms with Gasteiger partial charge < -0.3 is 29.1 Å². The third kappa shape index (κ3) is 8.35. The Hall–Kier alpha value is -3.74. The molecule has 0 saturated carbocycles. The molecule has 12 nitrogen and oxygen atoms in total. The molecule has 0 aromatic heterocycles. The summed E-state index contributed by atoms with van der Waals surface area (Å²) in [6, 6.07) is 19.1. The maximum atomic E-state index is 13.6. The number of allylic oxidation sites excluding steroid dienone is 4. The van der Waals surface area contributed by atoms with Crippen molar-refractivity contribution < 1.29 is 26.3 Å². The van der Waals surface area contributed by atoms with Crippen LogP contribution in [0.15, 0.2) is 113 Å². The average molecular weight is 947 g/mol. The Balaban J connectivity index is 0.823. The maximum Gasteiger partial charge on any atom is 0.240 e. The van der Waals surface area contributed by atoms with Crippen molar-refractivity contribution in [3.05, 3.63) is 120 Å². The summed E-state index contributed by atoms with van der Waals surface area (Å²) in [6.45, 7) is 11.6. The van der Waals surface area contributed by atoms with Crippen LogP contribution in [0.3, 0.4) is 0 Å². The van der Waals surface area contributed by atoms with Gasteiger partial charge in [0.15, 0.2) is 11.4 Å². The number of benzene rings is 3. The van der Waals surface area contributed by atoms with Gasteiger partial charge in [-0.25, -0.2) is 26.3 Å². The van der Waals surface area contributed by atoms with Gasteiger partial charge >= 0.3 is 0 Å². The Morgan fingerprint density at radius 3 is 1.70 bits per heavy atom. The molecule has 0 amide bonds. The molecule has 2 fully saturated rings. The lowest BCUT2D eigenvalue weighted by atomic mass is 9.77. The van der Waals surface area contributed by atoms with Gasteiger partial charge in [0.05, 0.1) is 23.0 Å². The van der Waals surface area contributed by atoms with Gasteiger partial charge in [0, 0.05) is 99.5 Å². The number of fused-ring (bicyclic) bond motifs is 6. The van der Waals surface area contributed by atoms with Crippen LogP contribution in [0, 0.1) is 5.92 Å². The van der Waals surface area contributed by atoms with Gasteiger partial charge in [-0.15, -0.1) is 0 Å². The number of hydrogen-bond donors (Lipinski definition) is 2. The Morgan fingerprint density at radius 1 is 0.719 bits per heavy atom. The Morgan fingerprint density at radius 2 is 1.23 bits per heavy atom. The first-order valence-corrected chi connectivity index (χ1v) is 27.4. The molecule has 3 aromatic rings. The summed E-state index contributed by atoms with van der Waals surface area (Å²) in [5.74, 6) is 1.28. The lowest BCUT2D eigenvalue weighted by Crippen LogP contribution is -2.51. The molecule has 0 radical (unpaired) electrons. The molecular formula is C48H62N6O6S4. The van der Waals surface area contributed by atoms with Crippen LogP contribution < -0.4 is 24.1 Å². The predicted molar refractivity (Wildman–Crippen MR) is 264 cm³/mol. The predicted octanol–water partition coefficient (Wildman–Crippen LogP) is 7.33. The molecule has 344 valence electrons. The average Bonchev–Trinajstić information content (AvgIpc) is 3.99. The van der Waals surface area contributed by atoms with Crippen LogP contribution in [0.1, 0.15) is 50.8 Å². The van der Waals surface area contributed by atoms with Crippen molar-refractivity contribution in [1.29, 1.82) is 0 Å². The van der Waals surface area contributed by atoms with Gasteiger partial charge in [0.1, 0.15) is 0 Å². The number of hydrogen-bond acceptors (Lipinski definition) is 12. The fourth-order valence-electron chi connectivity index (χ4n) is 9.79. The molecule has 3 atom stereocenters. The van der Waals surface area contributed by atoms with Gasteiger partial charge in [-0.2, -0.15) is 0 Å². The summed E-state index contributed by atoms with van der Waals surface area (Å²) in [5.41, 5.74) is 4.72. The maximum absolute atomic E-state index is 13.6. The van der Waals surface area contributed by atoms with E-state index in [0.717, 1.165) is 46.7 Å². The Kier molecular flexibility index (Phi) is 13.0. The fourth-order valence-corrected chi connectivity index (χ4v) is 14.0. The highest BCUT2D eigenvalue weighted by Crippen LogP contribution is 2.57. The highest BCUT2D eigenvalue weighted by Gasteiger charge is 2.60. The SMILES string of the molecule is CN(C)C1=CCC(/C=C/C23OCCN2c2ccc(S(=O)(=O)NCCSSCCNS(=O)(=O)c4ccc5c(c4)C(C)(C)C4(/C=C/c6ccc(N(C)C)cc6)OCCN54)cc2C3(C)C)C=C1. The van der Waals surface area contributed by atoms with Crippen LogP contribution in [-0.4, -0.2) is 112 Å². The molecule has 4 aliphatic heterocycles. The third-order valence-electron chi connectivity index (χ3n) is 13.5. The van der Waals surface area contributed by atoms with Crippen LogP contribution in [0.2, 0.25) is 0 Å². The zero-order chi connectivity index (χ0) is 45.7. The molecule has 0 spiro atoms. The van der Waals surface area contributed by atoms with E-state index in [-0.39, 0.29) is 28.8 Å². The second-order valence-electron chi connectivity index (χ2n) is 18.4. The lowest BCUT2D eigenvalue weighted by Gasteiger charge is -2.40. The van der Waals surface area contributed by atoms with Gasteiger partial charge in [0.25, 0.3) is 0 Å². The number of sulfonamides is 2. The fraction of sp³-hybridized carbons (Fsp3) is 0.458. The second kappa shape index (κ2) is 17.8. The monoisotopic (exact) mass is 946 g/mol. The molecule has 3 unspecified atom stereocenters. The first-order chi connectivity index (χ1) is 30.3. The van der Waals surface area contributed by atoms with Crippen molar-refractivity contribution in [3.8, 4) is 0 Å². The second-order valence-corrected chi connectivity index (χ2v) is 24.6. The molecule has 2 saturated heterocycles. The number of anilines is 3. The van der Waals surface area contributed by atoms with Gasteiger partial charge in [-0.3, -0.25) is 0 Å². The summed E-state index contributed by atoms with van der Waals surface area (Å²) in [4.78, 5) is 9.14. The minimum Gasteiger partial charge on any atom is -0.378 e. The van der Waals surface area contributed by atoms with E-state index < -0.39 is 42.3 Å².